The molecule has 46 heavy (non-hydrogen) atoms. The van der Waals surface area contributed by atoms with Crippen LogP contribution >= 0.6 is 0 Å². The van der Waals surface area contributed by atoms with Crippen molar-refractivity contribution in [1.82, 2.24) is 19.3 Å². The third-order valence-electron chi connectivity index (χ3n) is 8.46. The average molecular weight is 779 g/mol. The standard InChI is InChI=1S/C30H26N3.C10H10N2.Ir/c1-18(2)22-10-7-11-23(19(3)4)29(22)27-17-33-28-15-20-12-13-31-16-21(20)14-26(28)24-8-5-6-9-25(24)30(33)32-27;1-11-7-8-12(9-11)10-5-3-2-4-6-10;/h5-8,10-19H,1-4H3;2-5,7-9H,1H3;/q-1;-2;+3. The molecule has 0 atom stereocenters. The summed E-state index contributed by atoms with van der Waals surface area (Å²) in [5, 5.41) is 5.73. The molecule has 8 rings (SSSR count). The quantitative estimate of drug-likeness (QED) is 0.101. The van der Waals surface area contributed by atoms with Crippen LogP contribution in [-0.4, -0.2) is 26.3 Å². The number of para-hydroxylation sites is 1. The molecule has 1 aliphatic rings. The minimum absolute atomic E-state index is 0. The largest absolute Gasteiger partial charge is 3.00 e. The molecule has 5 nitrogen and oxygen atoms in total. The monoisotopic (exact) mass is 779 g/mol. The van der Waals surface area contributed by atoms with Gasteiger partial charge in [0.05, 0.1) is 11.3 Å². The van der Waals surface area contributed by atoms with Gasteiger partial charge in [-0.2, -0.15) is 37.0 Å². The smallest absolute Gasteiger partial charge is 0.510 e. The Labute approximate surface area is 284 Å². The normalized spacial score (nSPS) is 12.8. The van der Waals surface area contributed by atoms with E-state index in [0.29, 0.717) is 11.8 Å². The number of anilines is 1. The zero-order valence-electron chi connectivity index (χ0n) is 26.7. The molecule has 0 saturated carbocycles. The Morgan fingerprint density at radius 2 is 1.57 bits per heavy atom. The fraction of sp³-hybridized carbons (Fsp3) is 0.175. The fourth-order valence-corrected chi connectivity index (χ4v) is 6.23. The number of pyridine rings is 2. The van der Waals surface area contributed by atoms with Crippen LogP contribution in [0.3, 0.4) is 0 Å². The van der Waals surface area contributed by atoms with Gasteiger partial charge in [-0.15, -0.1) is 35.3 Å². The Morgan fingerprint density at radius 1 is 0.783 bits per heavy atom. The SMILES string of the molecule is CC(C)c1cccc(C(C)C)c1-c1cn2c3cc4ccncc4cc3c3ccc[c-]c3c2n1.CN1C=CN(c2[c-]cccc2)[CH-]1.[Ir+3]. The van der Waals surface area contributed by atoms with E-state index in [2.05, 4.69) is 104 Å². The van der Waals surface area contributed by atoms with Gasteiger partial charge in [-0.3, -0.25) is 9.97 Å². The Kier molecular flexibility index (Phi) is 8.95. The second-order valence-corrected chi connectivity index (χ2v) is 12.2. The molecule has 0 spiro atoms. The van der Waals surface area contributed by atoms with Crippen molar-refractivity contribution in [1.29, 1.82) is 0 Å². The van der Waals surface area contributed by atoms with E-state index in [1.54, 1.807) is 0 Å². The van der Waals surface area contributed by atoms with E-state index in [4.69, 9.17) is 4.98 Å². The predicted molar refractivity (Wildman–Crippen MR) is 187 cm³/mol. The van der Waals surface area contributed by atoms with Crippen LogP contribution in [0.2, 0.25) is 0 Å². The van der Waals surface area contributed by atoms with Gasteiger partial charge in [0.15, 0.2) is 0 Å². The third-order valence-corrected chi connectivity index (χ3v) is 8.46. The topological polar surface area (TPSA) is 36.7 Å². The molecule has 0 radical (unpaired) electrons. The van der Waals surface area contributed by atoms with Crippen molar-refractivity contribution in [3.8, 4) is 11.3 Å². The van der Waals surface area contributed by atoms with Crippen LogP contribution in [0.4, 0.5) is 5.69 Å². The molecule has 4 heterocycles. The predicted octanol–water partition coefficient (Wildman–Crippen LogP) is 9.73. The molecule has 3 aromatic heterocycles. The minimum atomic E-state index is 0. The van der Waals surface area contributed by atoms with E-state index < -0.39 is 0 Å². The van der Waals surface area contributed by atoms with Gasteiger partial charge in [-0.1, -0.05) is 57.3 Å². The summed E-state index contributed by atoms with van der Waals surface area (Å²) in [5.74, 6) is 0.833. The van der Waals surface area contributed by atoms with Crippen molar-refractivity contribution in [2.45, 2.75) is 39.5 Å². The van der Waals surface area contributed by atoms with Crippen molar-refractivity contribution >= 4 is 43.8 Å². The number of rotatable bonds is 4. The van der Waals surface area contributed by atoms with Gasteiger partial charge in [0.1, 0.15) is 0 Å². The molecule has 0 aliphatic carbocycles. The van der Waals surface area contributed by atoms with Crippen molar-refractivity contribution < 1.29 is 20.1 Å². The molecule has 0 amide bonds. The number of imidazole rings is 1. The van der Waals surface area contributed by atoms with E-state index in [1.165, 1.54) is 32.8 Å². The van der Waals surface area contributed by atoms with E-state index in [1.807, 2.05) is 78.6 Å². The summed E-state index contributed by atoms with van der Waals surface area (Å²) < 4.78 is 2.25. The molecular weight excluding hydrogens is 743 g/mol. The van der Waals surface area contributed by atoms with Crippen molar-refractivity contribution in [3.05, 3.63) is 140 Å². The van der Waals surface area contributed by atoms with Crippen LogP contribution in [0, 0.1) is 18.8 Å². The minimum Gasteiger partial charge on any atom is -0.510 e. The van der Waals surface area contributed by atoms with Crippen molar-refractivity contribution in [3.63, 3.8) is 0 Å². The maximum atomic E-state index is 5.25. The Bertz CT molecular complexity index is 2160. The van der Waals surface area contributed by atoms with Gasteiger partial charge in [0.2, 0.25) is 0 Å². The number of fused-ring (bicyclic) bond motifs is 7. The van der Waals surface area contributed by atoms with Crippen LogP contribution in [0.1, 0.15) is 50.7 Å². The van der Waals surface area contributed by atoms with E-state index in [9.17, 15) is 0 Å². The van der Waals surface area contributed by atoms with Crippen molar-refractivity contribution in [2.24, 2.45) is 0 Å². The molecule has 0 fully saturated rings. The summed E-state index contributed by atoms with van der Waals surface area (Å²) in [5.41, 5.74) is 8.17. The van der Waals surface area contributed by atoms with Crippen molar-refractivity contribution in [2.75, 3.05) is 11.9 Å². The Hall–Kier alpha value is -4.51. The van der Waals surface area contributed by atoms with Gasteiger partial charge < -0.3 is 14.2 Å². The summed E-state index contributed by atoms with van der Waals surface area (Å²) >= 11 is 0. The van der Waals surface area contributed by atoms with Crippen LogP contribution in [0.25, 0.3) is 49.4 Å². The van der Waals surface area contributed by atoms with E-state index >= 15 is 0 Å². The van der Waals surface area contributed by atoms with Gasteiger partial charge in [0, 0.05) is 29.7 Å². The Balaban J connectivity index is 0.000000241. The summed E-state index contributed by atoms with van der Waals surface area (Å²) in [6.45, 7) is 11.1. The van der Waals surface area contributed by atoms with Crippen LogP contribution in [0.15, 0.2) is 110 Å². The molecule has 230 valence electrons. The van der Waals surface area contributed by atoms with Crippen LogP contribution in [-0.2, 0) is 20.1 Å². The first-order valence-electron chi connectivity index (χ1n) is 15.5. The molecule has 0 saturated heterocycles. The summed E-state index contributed by atoms with van der Waals surface area (Å²) in [6, 6.07) is 34.0. The zero-order chi connectivity index (χ0) is 31.1. The maximum Gasteiger partial charge on any atom is 3.00 e. The van der Waals surface area contributed by atoms with Gasteiger partial charge >= 0.3 is 20.1 Å². The molecule has 0 unspecified atom stereocenters. The number of nitrogens with zero attached hydrogens (tertiary/aromatic N) is 5. The summed E-state index contributed by atoms with van der Waals surface area (Å²) in [7, 11) is 2.00. The van der Waals surface area contributed by atoms with Gasteiger partial charge in [0.25, 0.3) is 0 Å². The molecule has 0 bridgehead atoms. The zero-order valence-corrected chi connectivity index (χ0v) is 29.1. The molecule has 0 N–H and O–H groups in total. The number of aromatic nitrogens is 3. The maximum absolute atomic E-state index is 5.25. The fourth-order valence-electron chi connectivity index (χ4n) is 6.23. The molecule has 4 aromatic carbocycles. The van der Waals surface area contributed by atoms with Crippen LogP contribution in [0.5, 0.6) is 0 Å². The van der Waals surface area contributed by atoms with Gasteiger partial charge in [-0.25, -0.2) is 0 Å². The van der Waals surface area contributed by atoms with Crippen LogP contribution < -0.4 is 4.90 Å². The second kappa shape index (κ2) is 13.1. The molecule has 1 aliphatic heterocycles. The molecular formula is C40H36IrN5. The second-order valence-electron chi connectivity index (χ2n) is 12.2. The number of benzene rings is 4. The third kappa shape index (κ3) is 5.79. The Morgan fingerprint density at radius 3 is 2.26 bits per heavy atom. The first-order valence-corrected chi connectivity index (χ1v) is 15.5. The first-order chi connectivity index (χ1) is 21.9. The molecule has 7 aromatic rings. The van der Waals surface area contributed by atoms with E-state index in [0.717, 1.165) is 33.3 Å². The summed E-state index contributed by atoms with van der Waals surface area (Å²) in [4.78, 5) is 13.6. The number of hydrogen-bond acceptors (Lipinski definition) is 4. The molecule has 6 heteroatoms. The average Bonchev–Trinajstić information content (AvgIpc) is 3.71. The van der Waals surface area contributed by atoms with E-state index in [-0.39, 0.29) is 20.1 Å². The van der Waals surface area contributed by atoms with Gasteiger partial charge in [-0.05, 0) is 70.7 Å². The first kappa shape index (κ1) is 31.5. The number of hydrogen-bond donors (Lipinski definition) is 0. The summed E-state index contributed by atoms with van der Waals surface area (Å²) in [6.07, 6.45) is 10.0.